The maximum atomic E-state index is 8.60. The van der Waals surface area contributed by atoms with Crippen LogP contribution < -0.4 is 0 Å². The fourth-order valence-electron chi connectivity index (χ4n) is 2.55. The van der Waals surface area contributed by atoms with Crippen LogP contribution in [-0.4, -0.2) is 23.8 Å². The molecule has 0 atom stereocenters. The second-order valence-corrected chi connectivity index (χ2v) is 4.81. The van der Waals surface area contributed by atoms with Crippen molar-refractivity contribution in [1.29, 1.82) is 5.41 Å². The van der Waals surface area contributed by atoms with Crippen LogP contribution in [0.25, 0.3) is 0 Å². The van der Waals surface area contributed by atoms with Crippen molar-refractivity contribution in [2.45, 2.75) is 19.8 Å². The van der Waals surface area contributed by atoms with Gasteiger partial charge >= 0.3 is 0 Å². The molecule has 104 valence electrons. The van der Waals surface area contributed by atoms with E-state index in [2.05, 4.69) is 43.0 Å². The Morgan fingerprint density at radius 2 is 1.25 bits per heavy atom. The summed E-state index contributed by atoms with van der Waals surface area (Å²) in [7, 11) is 0. The summed E-state index contributed by atoms with van der Waals surface area (Å²) in [6, 6.07) is 20.6. The van der Waals surface area contributed by atoms with Crippen LogP contribution in [0.4, 0.5) is 0 Å². The van der Waals surface area contributed by atoms with E-state index in [-0.39, 0.29) is 5.92 Å². The lowest BCUT2D eigenvalue weighted by Gasteiger charge is -2.28. The molecule has 2 nitrogen and oxygen atoms in total. The van der Waals surface area contributed by atoms with E-state index in [0.717, 1.165) is 13.1 Å². The maximum absolute atomic E-state index is 8.60. The smallest absolute Gasteiger partial charge is 0.108 e. The van der Waals surface area contributed by atoms with E-state index in [0.29, 0.717) is 5.84 Å². The van der Waals surface area contributed by atoms with E-state index < -0.39 is 0 Å². The molecule has 1 N–H and O–H groups in total. The van der Waals surface area contributed by atoms with Crippen LogP contribution in [0.3, 0.4) is 0 Å². The van der Waals surface area contributed by atoms with Gasteiger partial charge in [-0.2, -0.15) is 0 Å². The molecule has 2 rings (SSSR count). The monoisotopic (exact) mass is 266 g/mol. The number of rotatable bonds is 5. The maximum Gasteiger partial charge on any atom is 0.108 e. The Hall–Kier alpha value is -2.09. The molecule has 0 aliphatic rings. The van der Waals surface area contributed by atoms with Crippen molar-refractivity contribution in [3.05, 3.63) is 71.8 Å². The number of nitrogens with one attached hydrogen (secondary N) is 1. The van der Waals surface area contributed by atoms with Gasteiger partial charge in [0.15, 0.2) is 0 Å². The van der Waals surface area contributed by atoms with E-state index >= 15 is 0 Å². The SMILES string of the molecule is CCN(CC)C(=N)C(c1ccccc1)c1ccccc1. The molecule has 0 saturated heterocycles. The summed E-state index contributed by atoms with van der Waals surface area (Å²) in [4.78, 5) is 2.12. The van der Waals surface area contributed by atoms with Crippen molar-refractivity contribution in [1.82, 2.24) is 4.90 Å². The van der Waals surface area contributed by atoms with Crippen molar-refractivity contribution >= 4 is 5.84 Å². The fraction of sp³-hybridized carbons (Fsp3) is 0.278. The average molecular weight is 266 g/mol. The summed E-state index contributed by atoms with van der Waals surface area (Å²) in [5.41, 5.74) is 2.35. The highest BCUT2D eigenvalue weighted by atomic mass is 15.2. The molecular formula is C18H22N2. The van der Waals surface area contributed by atoms with Crippen LogP contribution in [0.1, 0.15) is 30.9 Å². The van der Waals surface area contributed by atoms with Gasteiger partial charge < -0.3 is 4.90 Å². The quantitative estimate of drug-likeness (QED) is 0.639. The minimum atomic E-state index is 0.0114. The van der Waals surface area contributed by atoms with Gasteiger partial charge in [0.1, 0.15) is 5.84 Å². The molecule has 0 aliphatic heterocycles. The molecule has 0 spiro atoms. The largest absolute Gasteiger partial charge is 0.360 e. The van der Waals surface area contributed by atoms with Gasteiger partial charge in [0.2, 0.25) is 0 Å². The molecule has 0 unspecified atom stereocenters. The number of nitrogens with zero attached hydrogens (tertiary/aromatic N) is 1. The molecule has 2 heteroatoms. The van der Waals surface area contributed by atoms with Crippen LogP contribution in [0, 0.1) is 5.41 Å². The van der Waals surface area contributed by atoms with Gasteiger partial charge in [-0.15, -0.1) is 0 Å². The first kappa shape index (κ1) is 14.3. The normalized spacial score (nSPS) is 10.6. The Bertz CT molecular complexity index is 490. The van der Waals surface area contributed by atoms with Crippen molar-refractivity contribution in [2.24, 2.45) is 0 Å². The number of benzene rings is 2. The Labute approximate surface area is 121 Å². The van der Waals surface area contributed by atoms with Gasteiger partial charge in [-0.1, -0.05) is 60.7 Å². The zero-order valence-electron chi connectivity index (χ0n) is 12.2. The Morgan fingerprint density at radius 3 is 1.60 bits per heavy atom. The predicted octanol–water partition coefficient (Wildman–Crippen LogP) is 4.14. The molecule has 0 radical (unpaired) electrons. The second kappa shape index (κ2) is 6.90. The Balaban J connectivity index is 2.43. The van der Waals surface area contributed by atoms with Gasteiger partial charge in [0.25, 0.3) is 0 Å². The van der Waals surface area contributed by atoms with Crippen molar-refractivity contribution < 1.29 is 0 Å². The molecule has 0 amide bonds. The van der Waals surface area contributed by atoms with Gasteiger partial charge in [0, 0.05) is 13.1 Å². The summed E-state index contributed by atoms with van der Waals surface area (Å²) in [5.74, 6) is 0.685. The van der Waals surface area contributed by atoms with Crippen molar-refractivity contribution in [2.75, 3.05) is 13.1 Å². The lowest BCUT2D eigenvalue weighted by atomic mass is 9.89. The van der Waals surface area contributed by atoms with Crippen LogP contribution in [0.2, 0.25) is 0 Å². The molecule has 0 fully saturated rings. The molecular weight excluding hydrogens is 244 g/mol. The van der Waals surface area contributed by atoms with Gasteiger partial charge in [-0.25, -0.2) is 0 Å². The zero-order chi connectivity index (χ0) is 14.4. The average Bonchev–Trinajstić information content (AvgIpc) is 2.51. The summed E-state index contributed by atoms with van der Waals surface area (Å²) < 4.78 is 0. The second-order valence-electron chi connectivity index (χ2n) is 4.81. The molecule has 0 heterocycles. The van der Waals surface area contributed by atoms with Crippen molar-refractivity contribution in [3.8, 4) is 0 Å². The highest BCUT2D eigenvalue weighted by Gasteiger charge is 2.22. The zero-order valence-corrected chi connectivity index (χ0v) is 12.2. The number of hydrogen-bond acceptors (Lipinski definition) is 1. The number of amidine groups is 1. The van der Waals surface area contributed by atoms with Gasteiger partial charge in [0.05, 0.1) is 5.92 Å². The number of likely N-dealkylation sites (N-methyl/N-ethyl adjacent to an activating group) is 1. The Morgan fingerprint density at radius 1 is 0.850 bits per heavy atom. The highest BCUT2D eigenvalue weighted by molar-refractivity contribution is 5.89. The molecule has 2 aromatic rings. The van der Waals surface area contributed by atoms with E-state index in [1.165, 1.54) is 11.1 Å². The lowest BCUT2D eigenvalue weighted by Crippen LogP contribution is -2.34. The highest BCUT2D eigenvalue weighted by Crippen LogP contribution is 2.26. The molecule has 0 bridgehead atoms. The predicted molar refractivity (Wildman–Crippen MR) is 85.4 cm³/mol. The first-order chi connectivity index (χ1) is 9.77. The van der Waals surface area contributed by atoms with E-state index in [9.17, 15) is 0 Å². The topological polar surface area (TPSA) is 27.1 Å². The lowest BCUT2D eigenvalue weighted by molar-refractivity contribution is 0.449. The Kier molecular flexibility index (Phi) is 4.94. The van der Waals surface area contributed by atoms with Gasteiger partial charge in [-0.3, -0.25) is 5.41 Å². The molecule has 0 aliphatic carbocycles. The summed E-state index contributed by atoms with van der Waals surface area (Å²) >= 11 is 0. The van der Waals surface area contributed by atoms with Crippen LogP contribution in [0.15, 0.2) is 60.7 Å². The molecule has 0 saturated carbocycles. The van der Waals surface area contributed by atoms with Crippen LogP contribution >= 0.6 is 0 Å². The minimum absolute atomic E-state index is 0.0114. The fourth-order valence-corrected chi connectivity index (χ4v) is 2.55. The molecule has 0 aromatic heterocycles. The van der Waals surface area contributed by atoms with E-state index in [1.807, 2.05) is 36.4 Å². The van der Waals surface area contributed by atoms with Crippen LogP contribution in [0.5, 0.6) is 0 Å². The summed E-state index contributed by atoms with van der Waals surface area (Å²) in [6.45, 7) is 5.94. The summed E-state index contributed by atoms with van der Waals surface area (Å²) in [6.07, 6.45) is 0. The third-order valence-corrected chi connectivity index (χ3v) is 3.64. The standard InChI is InChI=1S/C18H22N2/c1-3-20(4-2)18(19)17(15-11-7-5-8-12-15)16-13-9-6-10-14-16/h5-14,17,19H,3-4H2,1-2H3. The van der Waals surface area contributed by atoms with E-state index in [4.69, 9.17) is 5.41 Å². The molecule has 20 heavy (non-hydrogen) atoms. The third kappa shape index (κ3) is 3.08. The summed E-state index contributed by atoms with van der Waals surface area (Å²) in [5, 5.41) is 8.60. The third-order valence-electron chi connectivity index (χ3n) is 3.64. The molecule has 2 aromatic carbocycles. The van der Waals surface area contributed by atoms with E-state index in [1.54, 1.807) is 0 Å². The van der Waals surface area contributed by atoms with Crippen molar-refractivity contribution in [3.63, 3.8) is 0 Å². The van der Waals surface area contributed by atoms with Crippen LogP contribution in [-0.2, 0) is 0 Å². The first-order valence-corrected chi connectivity index (χ1v) is 7.21. The number of hydrogen-bond donors (Lipinski definition) is 1. The first-order valence-electron chi connectivity index (χ1n) is 7.21. The minimum Gasteiger partial charge on any atom is -0.360 e. The van der Waals surface area contributed by atoms with Gasteiger partial charge in [-0.05, 0) is 25.0 Å².